The van der Waals surface area contributed by atoms with E-state index in [0.29, 0.717) is 6.42 Å². The fourth-order valence-electron chi connectivity index (χ4n) is 0.958. The molecule has 0 N–H and O–H groups in total. The van der Waals surface area contributed by atoms with Crippen molar-refractivity contribution in [1.29, 1.82) is 0 Å². The second kappa shape index (κ2) is 4.35. The molecular formula is C9H10ClF. The lowest BCUT2D eigenvalue weighted by Crippen LogP contribution is -1.86. The Labute approximate surface area is 71.0 Å². The lowest BCUT2D eigenvalue weighted by molar-refractivity contribution is 0.473. The number of hydrogen-bond donors (Lipinski definition) is 0. The van der Waals surface area contributed by atoms with Crippen LogP contribution in [-0.2, 0) is 6.42 Å². The zero-order chi connectivity index (χ0) is 8.10. The molecule has 0 nitrogen and oxygen atoms in total. The van der Waals surface area contributed by atoms with Crippen LogP contribution in [0, 0.1) is 0 Å². The van der Waals surface area contributed by atoms with E-state index in [2.05, 4.69) is 0 Å². The van der Waals surface area contributed by atoms with Crippen LogP contribution in [0.25, 0.3) is 0 Å². The molecule has 0 saturated carbocycles. The highest BCUT2D eigenvalue weighted by molar-refractivity contribution is 6.31. The van der Waals surface area contributed by atoms with Crippen molar-refractivity contribution in [3.63, 3.8) is 0 Å². The van der Waals surface area contributed by atoms with E-state index >= 15 is 0 Å². The third-order valence-corrected chi connectivity index (χ3v) is 1.91. The van der Waals surface area contributed by atoms with Gasteiger partial charge in [-0.05, 0) is 24.5 Å². The smallest absolute Gasteiger partial charge is 0.0897 e. The van der Waals surface area contributed by atoms with Gasteiger partial charge in [0.1, 0.15) is 0 Å². The van der Waals surface area contributed by atoms with Gasteiger partial charge in [0.05, 0.1) is 6.67 Å². The Bertz CT molecular complexity index is 223. The first-order valence-electron chi connectivity index (χ1n) is 3.64. The van der Waals surface area contributed by atoms with E-state index < -0.39 is 0 Å². The van der Waals surface area contributed by atoms with Crippen molar-refractivity contribution in [3.05, 3.63) is 34.9 Å². The monoisotopic (exact) mass is 172 g/mol. The quantitative estimate of drug-likeness (QED) is 0.657. The Hall–Kier alpha value is -0.560. The average Bonchev–Trinajstić information content (AvgIpc) is 2.03. The van der Waals surface area contributed by atoms with Gasteiger partial charge in [0, 0.05) is 5.02 Å². The van der Waals surface area contributed by atoms with E-state index in [1.165, 1.54) is 0 Å². The van der Waals surface area contributed by atoms with Crippen molar-refractivity contribution < 1.29 is 4.39 Å². The highest BCUT2D eigenvalue weighted by Gasteiger charge is 1.96. The molecule has 0 amide bonds. The highest BCUT2D eigenvalue weighted by Crippen LogP contribution is 2.16. The summed E-state index contributed by atoms with van der Waals surface area (Å²) in [5.41, 5.74) is 1.03. The van der Waals surface area contributed by atoms with Crippen LogP contribution in [-0.4, -0.2) is 6.67 Å². The Morgan fingerprint density at radius 2 is 2.00 bits per heavy atom. The molecule has 1 rings (SSSR count). The summed E-state index contributed by atoms with van der Waals surface area (Å²) in [5.74, 6) is 0. The van der Waals surface area contributed by atoms with E-state index in [1.54, 1.807) is 0 Å². The molecule has 0 aliphatic heterocycles. The predicted octanol–water partition coefficient (Wildman–Crippen LogP) is 3.24. The lowest BCUT2D eigenvalue weighted by Gasteiger charge is -2.00. The van der Waals surface area contributed by atoms with Crippen molar-refractivity contribution in [2.45, 2.75) is 12.8 Å². The highest BCUT2D eigenvalue weighted by atomic mass is 35.5. The van der Waals surface area contributed by atoms with Crippen molar-refractivity contribution >= 4 is 11.6 Å². The lowest BCUT2D eigenvalue weighted by atomic mass is 10.1. The fraction of sp³-hybridized carbons (Fsp3) is 0.333. The summed E-state index contributed by atoms with van der Waals surface area (Å²) in [6, 6.07) is 7.55. The molecule has 1 aromatic carbocycles. The maximum Gasteiger partial charge on any atom is 0.0897 e. The maximum atomic E-state index is 11.8. The zero-order valence-corrected chi connectivity index (χ0v) is 6.94. The number of alkyl halides is 1. The molecule has 0 unspecified atom stereocenters. The average molecular weight is 173 g/mol. The van der Waals surface area contributed by atoms with Crippen molar-refractivity contribution in [3.8, 4) is 0 Å². The molecule has 0 heterocycles. The largest absolute Gasteiger partial charge is 0.251 e. The Balaban J connectivity index is 2.62. The number of benzene rings is 1. The number of halogens is 2. The number of rotatable bonds is 3. The summed E-state index contributed by atoms with van der Waals surface area (Å²) in [6.45, 7) is -0.273. The van der Waals surface area contributed by atoms with Crippen LogP contribution in [0.1, 0.15) is 12.0 Å². The van der Waals surface area contributed by atoms with Gasteiger partial charge in [-0.2, -0.15) is 0 Å². The minimum atomic E-state index is -0.273. The molecule has 2 heteroatoms. The van der Waals surface area contributed by atoms with E-state index in [4.69, 9.17) is 11.6 Å². The minimum absolute atomic E-state index is 0.273. The van der Waals surface area contributed by atoms with Crippen molar-refractivity contribution in [2.24, 2.45) is 0 Å². The molecule has 0 aliphatic rings. The van der Waals surface area contributed by atoms with E-state index in [0.717, 1.165) is 17.0 Å². The van der Waals surface area contributed by atoms with Gasteiger partial charge in [-0.3, -0.25) is 4.39 Å². The zero-order valence-electron chi connectivity index (χ0n) is 6.19. The third kappa shape index (κ3) is 2.51. The van der Waals surface area contributed by atoms with Crippen molar-refractivity contribution in [2.75, 3.05) is 6.67 Å². The van der Waals surface area contributed by atoms with Gasteiger partial charge < -0.3 is 0 Å². The van der Waals surface area contributed by atoms with Gasteiger partial charge in [0.2, 0.25) is 0 Å². The topological polar surface area (TPSA) is 0 Å². The summed E-state index contributed by atoms with van der Waals surface area (Å²) in [5, 5.41) is 0.737. The van der Waals surface area contributed by atoms with E-state index in [9.17, 15) is 4.39 Å². The normalized spacial score (nSPS) is 10.0. The molecule has 0 aliphatic carbocycles. The Morgan fingerprint density at radius 3 is 2.64 bits per heavy atom. The van der Waals surface area contributed by atoms with Gasteiger partial charge in [0.15, 0.2) is 0 Å². The molecule has 0 atom stereocenters. The first kappa shape index (κ1) is 8.54. The van der Waals surface area contributed by atoms with Crippen molar-refractivity contribution in [1.82, 2.24) is 0 Å². The van der Waals surface area contributed by atoms with Crippen LogP contribution in [0.4, 0.5) is 4.39 Å². The van der Waals surface area contributed by atoms with Gasteiger partial charge in [0.25, 0.3) is 0 Å². The molecule has 0 spiro atoms. The maximum absolute atomic E-state index is 11.8. The SMILES string of the molecule is FCCCc1ccccc1Cl. The molecule has 0 bridgehead atoms. The minimum Gasteiger partial charge on any atom is -0.251 e. The van der Waals surface area contributed by atoms with E-state index in [1.807, 2.05) is 24.3 Å². The van der Waals surface area contributed by atoms with Crippen LogP contribution in [0.5, 0.6) is 0 Å². The first-order chi connectivity index (χ1) is 5.34. The second-order valence-corrected chi connectivity index (χ2v) is 2.79. The molecule has 0 saturated heterocycles. The van der Waals surface area contributed by atoms with Crippen LogP contribution in [0.3, 0.4) is 0 Å². The second-order valence-electron chi connectivity index (χ2n) is 2.38. The molecule has 0 aromatic heterocycles. The summed E-state index contributed by atoms with van der Waals surface area (Å²) in [7, 11) is 0. The molecular weight excluding hydrogens is 163 g/mol. The summed E-state index contributed by atoms with van der Waals surface area (Å²) in [4.78, 5) is 0. The fourth-order valence-corrected chi connectivity index (χ4v) is 1.19. The van der Waals surface area contributed by atoms with Crippen LogP contribution < -0.4 is 0 Å². The first-order valence-corrected chi connectivity index (χ1v) is 4.02. The van der Waals surface area contributed by atoms with Gasteiger partial charge in [-0.1, -0.05) is 29.8 Å². The van der Waals surface area contributed by atoms with Gasteiger partial charge in [-0.25, -0.2) is 0 Å². The van der Waals surface area contributed by atoms with Crippen LogP contribution in [0.2, 0.25) is 5.02 Å². The molecule has 60 valence electrons. The summed E-state index contributed by atoms with van der Waals surface area (Å²) in [6.07, 6.45) is 1.29. The van der Waals surface area contributed by atoms with Gasteiger partial charge in [-0.15, -0.1) is 0 Å². The molecule has 0 fully saturated rings. The Kier molecular flexibility index (Phi) is 3.37. The number of aryl methyl sites for hydroxylation is 1. The molecule has 0 radical (unpaired) electrons. The third-order valence-electron chi connectivity index (χ3n) is 1.54. The molecule has 11 heavy (non-hydrogen) atoms. The standard InChI is InChI=1S/C9H10ClF/c10-9-6-2-1-4-8(9)5-3-7-11/h1-2,4,6H,3,5,7H2. The van der Waals surface area contributed by atoms with Gasteiger partial charge >= 0.3 is 0 Å². The molecule has 1 aromatic rings. The predicted molar refractivity (Wildman–Crippen MR) is 45.7 cm³/mol. The summed E-state index contributed by atoms with van der Waals surface area (Å²) >= 11 is 5.84. The Morgan fingerprint density at radius 1 is 1.27 bits per heavy atom. The number of hydrogen-bond acceptors (Lipinski definition) is 0. The summed E-state index contributed by atoms with van der Waals surface area (Å²) < 4.78 is 11.8. The van der Waals surface area contributed by atoms with Crippen LogP contribution >= 0.6 is 11.6 Å². The van der Waals surface area contributed by atoms with Crippen LogP contribution in [0.15, 0.2) is 24.3 Å². The van der Waals surface area contributed by atoms with E-state index in [-0.39, 0.29) is 6.67 Å².